The highest BCUT2D eigenvalue weighted by Crippen LogP contribution is 2.54. The number of hydrogen-bond donors (Lipinski definition) is 2. The number of hydrogen-bond acceptors (Lipinski definition) is 6. The van der Waals surface area contributed by atoms with Crippen molar-refractivity contribution >= 4 is 17.6 Å². The van der Waals surface area contributed by atoms with Crippen LogP contribution in [-0.2, 0) is 10.3 Å². The van der Waals surface area contributed by atoms with E-state index in [1.807, 2.05) is 25.1 Å². The Morgan fingerprint density at radius 2 is 2.14 bits per heavy atom. The summed E-state index contributed by atoms with van der Waals surface area (Å²) < 4.78 is 12.1. The lowest BCUT2D eigenvalue weighted by atomic mass is 9.63. The molecule has 152 valence electrons. The Morgan fingerprint density at radius 1 is 1.28 bits per heavy atom. The highest BCUT2D eigenvalue weighted by molar-refractivity contribution is 6.30. The predicted octanol–water partition coefficient (Wildman–Crippen LogP) is 3.64. The fourth-order valence-electron chi connectivity index (χ4n) is 5.05. The van der Waals surface area contributed by atoms with Crippen molar-refractivity contribution in [3.05, 3.63) is 47.2 Å². The van der Waals surface area contributed by atoms with Crippen LogP contribution in [0.5, 0.6) is 5.75 Å². The molecule has 0 saturated heterocycles. The zero-order valence-electron chi connectivity index (χ0n) is 16.3. The van der Waals surface area contributed by atoms with Crippen molar-refractivity contribution in [2.45, 2.75) is 49.9 Å². The van der Waals surface area contributed by atoms with E-state index >= 15 is 0 Å². The maximum absolute atomic E-state index is 11.0. The second kappa shape index (κ2) is 6.61. The van der Waals surface area contributed by atoms with E-state index in [4.69, 9.17) is 31.8 Å². The first-order chi connectivity index (χ1) is 13.9. The zero-order chi connectivity index (χ0) is 20.2. The molecule has 1 spiro atoms. The van der Waals surface area contributed by atoms with Gasteiger partial charge in [0, 0.05) is 29.4 Å². The van der Waals surface area contributed by atoms with Gasteiger partial charge < -0.3 is 20.3 Å². The van der Waals surface area contributed by atoms with Crippen LogP contribution in [0.3, 0.4) is 0 Å². The summed E-state index contributed by atoms with van der Waals surface area (Å²) in [5, 5.41) is 11.6. The number of aliphatic hydroxyl groups is 1. The molecule has 0 radical (unpaired) electrons. The molecule has 0 bridgehead atoms. The third-order valence-corrected chi connectivity index (χ3v) is 6.93. The number of benzene rings is 1. The van der Waals surface area contributed by atoms with Crippen LogP contribution in [0.15, 0.2) is 41.7 Å². The van der Waals surface area contributed by atoms with Crippen LogP contribution in [0.1, 0.15) is 38.2 Å². The van der Waals surface area contributed by atoms with Gasteiger partial charge in [-0.3, -0.25) is 4.98 Å². The number of halogens is 1. The van der Waals surface area contributed by atoms with E-state index in [1.165, 1.54) is 0 Å². The topological polar surface area (TPSA) is 90.0 Å². The summed E-state index contributed by atoms with van der Waals surface area (Å²) in [4.78, 5) is 9.00. The Bertz CT molecular complexity index is 997. The zero-order valence-corrected chi connectivity index (χ0v) is 17.0. The van der Waals surface area contributed by atoms with Crippen LogP contribution in [0.25, 0.3) is 11.1 Å². The lowest BCUT2D eigenvalue weighted by Crippen LogP contribution is -2.54. The van der Waals surface area contributed by atoms with Crippen molar-refractivity contribution in [2.75, 3.05) is 6.61 Å². The number of aromatic nitrogens is 1. The van der Waals surface area contributed by atoms with Crippen LogP contribution >= 0.6 is 11.6 Å². The van der Waals surface area contributed by atoms with E-state index in [0.717, 1.165) is 35.3 Å². The third-order valence-electron chi connectivity index (χ3n) is 6.73. The first kappa shape index (κ1) is 18.7. The Morgan fingerprint density at radius 3 is 2.86 bits per heavy atom. The van der Waals surface area contributed by atoms with Gasteiger partial charge in [-0.1, -0.05) is 24.6 Å². The van der Waals surface area contributed by atoms with Gasteiger partial charge in [-0.05, 0) is 49.4 Å². The number of pyridine rings is 1. The van der Waals surface area contributed by atoms with Crippen LogP contribution in [0, 0.1) is 5.92 Å². The average molecular weight is 414 g/mol. The molecule has 2 aromatic rings. The lowest BCUT2D eigenvalue weighted by Gasteiger charge is -2.50. The minimum Gasteiger partial charge on any atom is -0.490 e. The van der Waals surface area contributed by atoms with Gasteiger partial charge in [-0.15, -0.1) is 0 Å². The monoisotopic (exact) mass is 413 g/mol. The average Bonchev–Trinajstić information content (AvgIpc) is 3.11. The fourth-order valence-corrected chi connectivity index (χ4v) is 5.22. The van der Waals surface area contributed by atoms with Gasteiger partial charge in [0.1, 0.15) is 24.0 Å². The SMILES string of the molecule is CCC1(O)CCC2Oc3ccc(-c4cncc(Cl)c4)cc3[C@]3(COC(N)=N3)[C@H]2C1. The van der Waals surface area contributed by atoms with Crippen molar-refractivity contribution in [1.29, 1.82) is 0 Å². The standard InChI is InChI=1S/C22H24ClN3O3/c1-2-21(27)6-5-19-17(9-21)22(12-28-20(24)26-22)16-8-13(3-4-18(16)29-19)14-7-15(23)11-25-10-14/h3-4,7-8,10-11,17,19,27H,2,5-6,9,12H2,1H3,(H2,24,26)/t17-,19?,21?,22+/m0/s1. The number of aliphatic imine (C=N–C) groups is 1. The number of amidine groups is 1. The normalized spacial score (nSPS) is 32.7. The molecule has 2 unspecified atom stereocenters. The van der Waals surface area contributed by atoms with Crippen LogP contribution in [-0.4, -0.2) is 34.4 Å². The van der Waals surface area contributed by atoms with Crippen LogP contribution < -0.4 is 10.5 Å². The number of ether oxygens (including phenoxy) is 2. The van der Waals surface area contributed by atoms with Crippen molar-refractivity contribution in [3.8, 4) is 16.9 Å². The van der Waals surface area contributed by atoms with Gasteiger partial charge in [-0.2, -0.15) is 0 Å². The van der Waals surface area contributed by atoms with Gasteiger partial charge in [-0.25, -0.2) is 4.99 Å². The molecule has 6 nitrogen and oxygen atoms in total. The third kappa shape index (κ3) is 2.97. The molecule has 0 amide bonds. The summed E-state index contributed by atoms with van der Waals surface area (Å²) in [6.45, 7) is 2.38. The summed E-state index contributed by atoms with van der Waals surface area (Å²) in [5.74, 6) is 0.788. The molecule has 4 atom stereocenters. The van der Waals surface area contributed by atoms with Gasteiger partial charge in [0.2, 0.25) is 0 Å². The Hall–Kier alpha value is -2.31. The molecular formula is C22H24ClN3O3. The van der Waals surface area contributed by atoms with Crippen LogP contribution in [0.4, 0.5) is 0 Å². The largest absolute Gasteiger partial charge is 0.490 e. The van der Waals surface area contributed by atoms with E-state index in [1.54, 1.807) is 12.4 Å². The molecule has 5 rings (SSSR count). The molecule has 1 saturated carbocycles. The first-order valence-corrected chi connectivity index (χ1v) is 10.4. The van der Waals surface area contributed by atoms with E-state index in [0.29, 0.717) is 24.5 Å². The Kier molecular flexibility index (Phi) is 4.26. The molecule has 1 aliphatic carbocycles. The highest BCUT2D eigenvalue weighted by atomic mass is 35.5. The molecule has 1 aromatic carbocycles. The first-order valence-electron chi connectivity index (χ1n) is 10.1. The summed E-state index contributed by atoms with van der Waals surface area (Å²) in [5.41, 5.74) is 7.45. The van der Waals surface area contributed by atoms with E-state index in [2.05, 4.69) is 11.1 Å². The minimum absolute atomic E-state index is 0.0116. The summed E-state index contributed by atoms with van der Waals surface area (Å²) in [6, 6.07) is 8.14. The molecule has 3 N–H and O–H groups in total. The van der Waals surface area contributed by atoms with Gasteiger partial charge in [0.15, 0.2) is 0 Å². The summed E-state index contributed by atoms with van der Waals surface area (Å²) in [7, 11) is 0. The number of nitrogens with zero attached hydrogens (tertiary/aromatic N) is 2. The molecule has 3 heterocycles. The van der Waals surface area contributed by atoms with Crippen molar-refractivity contribution < 1.29 is 14.6 Å². The number of rotatable bonds is 2. The molecule has 3 aliphatic rings. The van der Waals surface area contributed by atoms with E-state index in [9.17, 15) is 5.11 Å². The number of nitrogens with two attached hydrogens (primary N) is 1. The van der Waals surface area contributed by atoms with Gasteiger partial charge in [0.25, 0.3) is 6.02 Å². The fraction of sp³-hybridized carbons (Fsp3) is 0.455. The number of fused-ring (bicyclic) bond motifs is 4. The quantitative estimate of drug-likeness (QED) is 0.784. The lowest BCUT2D eigenvalue weighted by molar-refractivity contribution is -0.0912. The maximum Gasteiger partial charge on any atom is 0.283 e. The van der Waals surface area contributed by atoms with Gasteiger partial charge >= 0.3 is 0 Å². The van der Waals surface area contributed by atoms with Crippen molar-refractivity contribution in [3.63, 3.8) is 0 Å². The molecule has 1 fully saturated rings. The molecule has 7 heteroatoms. The van der Waals surface area contributed by atoms with E-state index in [-0.39, 0.29) is 18.0 Å². The molecular weight excluding hydrogens is 390 g/mol. The Labute approximate surface area is 174 Å². The van der Waals surface area contributed by atoms with Crippen LogP contribution in [0.2, 0.25) is 5.02 Å². The molecule has 29 heavy (non-hydrogen) atoms. The van der Waals surface area contributed by atoms with Crippen molar-refractivity contribution in [1.82, 2.24) is 4.98 Å². The second-order valence-electron chi connectivity index (χ2n) is 8.35. The summed E-state index contributed by atoms with van der Waals surface area (Å²) in [6.07, 6.45) is 6.19. The minimum atomic E-state index is -0.712. The Balaban J connectivity index is 1.65. The van der Waals surface area contributed by atoms with Gasteiger partial charge in [0.05, 0.1) is 10.6 Å². The smallest absolute Gasteiger partial charge is 0.283 e. The van der Waals surface area contributed by atoms with Crippen molar-refractivity contribution in [2.24, 2.45) is 16.6 Å². The molecule has 2 aliphatic heterocycles. The maximum atomic E-state index is 11.0. The van der Waals surface area contributed by atoms with E-state index < -0.39 is 11.1 Å². The second-order valence-corrected chi connectivity index (χ2v) is 8.79. The summed E-state index contributed by atoms with van der Waals surface area (Å²) >= 11 is 6.14. The highest BCUT2D eigenvalue weighted by Gasteiger charge is 2.57. The predicted molar refractivity (Wildman–Crippen MR) is 111 cm³/mol. The molecule has 1 aromatic heterocycles.